The molecule has 1 aromatic rings. The largest absolute Gasteiger partial charge is 0.497 e. The molecule has 0 saturated carbocycles. The number of hydrogen-bond donors (Lipinski definition) is 1. The van der Waals surface area contributed by atoms with Crippen LogP contribution in [-0.2, 0) is 4.74 Å². The second kappa shape index (κ2) is 6.63. The van der Waals surface area contributed by atoms with Gasteiger partial charge in [-0.25, -0.2) is 0 Å². The number of benzene rings is 1. The van der Waals surface area contributed by atoms with Crippen LogP contribution in [0.5, 0.6) is 11.5 Å². The highest BCUT2D eigenvalue weighted by Crippen LogP contribution is 2.34. The van der Waals surface area contributed by atoms with E-state index in [1.807, 2.05) is 18.2 Å². The van der Waals surface area contributed by atoms with Crippen molar-refractivity contribution in [2.24, 2.45) is 5.73 Å². The summed E-state index contributed by atoms with van der Waals surface area (Å²) in [5.74, 6) is 1.68. The zero-order valence-electron chi connectivity index (χ0n) is 11.6. The molecule has 5 nitrogen and oxygen atoms in total. The molecule has 1 atom stereocenters. The van der Waals surface area contributed by atoms with E-state index < -0.39 is 0 Å². The molecule has 1 aliphatic heterocycles. The zero-order chi connectivity index (χ0) is 13.7. The van der Waals surface area contributed by atoms with E-state index >= 15 is 0 Å². The summed E-state index contributed by atoms with van der Waals surface area (Å²) < 4.78 is 16.3. The molecule has 1 aliphatic rings. The SMILES string of the molecule is COc1ccc(OC)c(N2CCOCC2CCN)c1. The molecule has 0 aromatic heterocycles. The maximum atomic E-state index is 5.69. The molecule has 1 aromatic carbocycles. The van der Waals surface area contributed by atoms with Gasteiger partial charge in [-0.05, 0) is 25.1 Å². The maximum Gasteiger partial charge on any atom is 0.142 e. The summed E-state index contributed by atoms with van der Waals surface area (Å²) in [6.45, 7) is 2.92. The van der Waals surface area contributed by atoms with Gasteiger partial charge >= 0.3 is 0 Å². The number of morpholine rings is 1. The van der Waals surface area contributed by atoms with Crippen molar-refractivity contribution in [2.45, 2.75) is 12.5 Å². The predicted molar refractivity (Wildman–Crippen MR) is 75.2 cm³/mol. The Hall–Kier alpha value is -1.46. The van der Waals surface area contributed by atoms with Crippen molar-refractivity contribution in [3.63, 3.8) is 0 Å². The van der Waals surface area contributed by atoms with E-state index in [4.69, 9.17) is 19.9 Å². The van der Waals surface area contributed by atoms with Gasteiger partial charge in [0.05, 0.1) is 39.2 Å². The van der Waals surface area contributed by atoms with Crippen molar-refractivity contribution in [1.82, 2.24) is 0 Å². The van der Waals surface area contributed by atoms with Gasteiger partial charge in [-0.15, -0.1) is 0 Å². The van der Waals surface area contributed by atoms with E-state index in [2.05, 4.69) is 4.90 Å². The van der Waals surface area contributed by atoms with Crippen LogP contribution in [-0.4, -0.2) is 46.6 Å². The Morgan fingerprint density at radius 3 is 2.89 bits per heavy atom. The Kier molecular flexibility index (Phi) is 4.87. The molecule has 0 spiro atoms. The quantitative estimate of drug-likeness (QED) is 0.869. The summed E-state index contributed by atoms with van der Waals surface area (Å²) in [5, 5.41) is 0. The molecule has 0 bridgehead atoms. The lowest BCUT2D eigenvalue weighted by molar-refractivity contribution is 0.0919. The first-order valence-electron chi connectivity index (χ1n) is 6.56. The van der Waals surface area contributed by atoms with E-state index in [0.717, 1.165) is 36.8 Å². The predicted octanol–water partition coefficient (Wildman–Crippen LogP) is 1.26. The molecule has 1 unspecified atom stereocenters. The minimum absolute atomic E-state index is 0.291. The van der Waals surface area contributed by atoms with Crippen LogP contribution in [0.3, 0.4) is 0 Å². The number of methoxy groups -OCH3 is 2. The molecule has 5 heteroatoms. The van der Waals surface area contributed by atoms with E-state index in [1.165, 1.54) is 0 Å². The van der Waals surface area contributed by atoms with E-state index in [1.54, 1.807) is 14.2 Å². The Morgan fingerprint density at radius 2 is 2.21 bits per heavy atom. The molecule has 0 aliphatic carbocycles. The minimum Gasteiger partial charge on any atom is -0.497 e. The fraction of sp³-hybridized carbons (Fsp3) is 0.571. The van der Waals surface area contributed by atoms with E-state index in [9.17, 15) is 0 Å². The highest BCUT2D eigenvalue weighted by molar-refractivity contribution is 5.62. The molecular formula is C14H22N2O3. The van der Waals surface area contributed by atoms with Crippen LogP contribution in [0.2, 0.25) is 0 Å². The molecule has 2 N–H and O–H groups in total. The fourth-order valence-electron chi connectivity index (χ4n) is 2.42. The Bertz CT molecular complexity index is 410. The molecule has 1 fully saturated rings. The molecule has 19 heavy (non-hydrogen) atoms. The van der Waals surface area contributed by atoms with Crippen molar-refractivity contribution in [2.75, 3.05) is 45.4 Å². The standard InChI is InChI=1S/C14H22N2O3/c1-17-12-3-4-14(18-2)13(9-12)16-7-8-19-10-11(16)5-6-15/h3-4,9,11H,5-8,10,15H2,1-2H3. The summed E-state index contributed by atoms with van der Waals surface area (Å²) in [6, 6.07) is 6.14. The molecule has 0 amide bonds. The first-order valence-corrected chi connectivity index (χ1v) is 6.56. The van der Waals surface area contributed by atoms with E-state index in [0.29, 0.717) is 19.2 Å². The summed E-state index contributed by atoms with van der Waals surface area (Å²) >= 11 is 0. The van der Waals surface area contributed by atoms with Crippen molar-refractivity contribution >= 4 is 5.69 Å². The summed E-state index contributed by atoms with van der Waals surface area (Å²) in [7, 11) is 3.35. The van der Waals surface area contributed by atoms with Crippen molar-refractivity contribution < 1.29 is 14.2 Å². The third kappa shape index (κ3) is 3.11. The monoisotopic (exact) mass is 266 g/mol. The van der Waals surface area contributed by atoms with Gasteiger partial charge in [-0.3, -0.25) is 0 Å². The van der Waals surface area contributed by atoms with Crippen LogP contribution in [0.4, 0.5) is 5.69 Å². The summed E-state index contributed by atoms with van der Waals surface area (Å²) in [5.41, 5.74) is 6.73. The van der Waals surface area contributed by atoms with Crippen molar-refractivity contribution in [1.29, 1.82) is 0 Å². The lowest BCUT2D eigenvalue weighted by atomic mass is 10.1. The normalized spacial score (nSPS) is 19.3. The number of hydrogen-bond acceptors (Lipinski definition) is 5. The van der Waals surface area contributed by atoms with Gasteiger partial charge in [0.25, 0.3) is 0 Å². The van der Waals surface area contributed by atoms with Gasteiger partial charge < -0.3 is 24.8 Å². The van der Waals surface area contributed by atoms with Crippen LogP contribution in [0.15, 0.2) is 18.2 Å². The van der Waals surface area contributed by atoms with Gasteiger partial charge in [0.1, 0.15) is 11.5 Å². The lowest BCUT2D eigenvalue weighted by Gasteiger charge is -2.38. The molecule has 1 saturated heterocycles. The third-order valence-corrected chi connectivity index (χ3v) is 3.42. The molecule has 1 heterocycles. The first kappa shape index (κ1) is 14.0. The lowest BCUT2D eigenvalue weighted by Crippen LogP contribution is -2.46. The zero-order valence-corrected chi connectivity index (χ0v) is 11.6. The number of ether oxygens (including phenoxy) is 3. The summed E-state index contributed by atoms with van der Waals surface area (Å²) in [4.78, 5) is 2.30. The first-order chi connectivity index (χ1) is 9.30. The maximum absolute atomic E-state index is 5.69. The van der Waals surface area contributed by atoms with E-state index in [-0.39, 0.29) is 0 Å². The number of rotatable bonds is 5. The van der Waals surface area contributed by atoms with Crippen LogP contribution in [0.1, 0.15) is 6.42 Å². The van der Waals surface area contributed by atoms with Gasteiger partial charge in [-0.2, -0.15) is 0 Å². The Labute approximate surface area is 114 Å². The molecule has 0 radical (unpaired) electrons. The van der Waals surface area contributed by atoms with Crippen LogP contribution < -0.4 is 20.1 Å². The van der Waals surface area contributed by atoms with Crippen molar-refractivity contribution in [3.05, 3.63) is 18.2 Å². The third-order valence-electron chi connectivity index (χ3n) is 3.42. The highest BCUT2D eigenvalue weighted by atomic mass is 16.5. The molecular weight excluding hydrogens is 244 g/mol. The van der Waals surface area contributed by atoms with Gasteiger partial charge in [-0.1, -0.05) is 0 Å². The molecule has 2 rings (SSSR count). The van der Waals surface area contributed by atoms with Gasteiger partial charge in [0.2, 0.25) is 0 Å². The second-order valence-electron chi connectivity index (χ2n) is 4.54. The fourth-order valence-corrected chi connectivity index (χ4v) is 2.42. The number of anilines is 1. The highest BCUT2D eigenvalue weighted by Gasteiger charge is 2.25. The van der Waals surface area contributed by atoms with Crippen LogP contribution in [0.25, 0.3) is 0 Å². The number of nitrogens with zero attached hydrogens (tertiary/aromatic N) is 1. The molecule has 106 valence electrons. The van der Waals surface area contributed by atoms with Crippen LogP contribution in [0, 0.1) is 0 Å². The average Bonchev–Trinajstić information content (AvgIpc) is 2.47. The topological polar surface area (TPSA) is 57.0 Å². The Balaban J connectivity index is 2.30. The Morgan fingerprint density at radius 1 is 1.37 bits per heavy atom. The van der Waals surface area contributed by atoms with Gasteiger partial charge in [0.15, 0.2) is 0 Å². The minimum atomic E-state index is 0.291. The smallest absolute Gasteiger partial charge is 0.142 e. The van der Waals surface area contributed by atoms with Crippen molar-refractivity contribution in [3.8, 4) is 11.5 Å². The second-order valence-corrected chi connectivity index (χ2v) is 4.54. The number of nitrogens with two attached hydrogens (primary N) is 1. The summed E-state index contributed by atoms with van der Waals surface area (Å²) in [6.07, 6.45) is 0.903. The average molecular weight is 266 g/mol. The van der Waals surface area contributed by atoms with Crippen LogP contribution >= 0.6 is 0 Å². The van der Waals surface area contributed by atoms with Gasteiger partial charge in [0, 0.05) is 12.6 Å².